The van der Waals surface area contributed by atoms with Gasteiger partial charge in [-0.2, -0.15) is 0 Å². The van der Waals surface area contributed by atoms with Crippen LogP contribution in [-0.4, -0.2) is 123 Å². The number of nitrogens with one attached hydrogen (secondary N) is 7. The number of fused-ring (bicyclic) bond motifs is 1. The number of aromatic nitrogens is 2. The van der Waals surface area contributed by atoms with Crippen LogP contribution >= 0.6 is 0 Å². The molecule has 65 heavy (non-hydrogen) atoms. The van der Waals surface area contributed by atoms with Crippen molar-refractivity contribution in [3.63, 3.8) is 0 Å². The van der Waals surface area contributed by atoms with E-state index in [1.807, 2.05) is 21.3 Å². The molecule has 0 aliphatic heterocycles. The summed E-state index contributed by atoms with van der Waals surface area (Å²) in [6.45, 7) is 0. The van der Waals surface area contributed by atoms with Gasteiger partial charge in [-0.25, -0.2) is 24.6 Å². The molecular formula is C30H42N24O11. The molecule has 0 saturated carbocycles. The van der Waals surface area contributed by atoms with Gasteiger partial charge in [0.2, 0.25) is 42.3 Å². The molecule has 7 atom stereocenters. The number of rotatable bonds is 21. The van der Waals surface area contributed by atoms with Crippen LogP contribution in [-0.2, 0) is 33.6 Å². The molecule has 0 bridgehead atoms. The van der Waals surface area contributed by atoms with Crippen LogP contribution in [0.5, 0.6) is 0 Å². The number of amides is 7. The fourth-order valence-corrected chi connectivity index (χ4v) is 4.88. The number of anilines is 1. The zero-order valence-corrected chi connectivity index (χ0v) is 33.0. The van der Waals surface area contributed by atoms with Crippen LogP contribution in [0.4, 0.5) is 11.4 Å². The predicted molar refractivity (Wildman–Crippen MR) is 222 cm³/mol. The maximum atomic E-state index is 13.8. The van der Waals surface area contributed by atoms with Crippen LogP contribution < -0.4 is 94.6 Å². The van der Waals surface area contributed by atoms with Gasteiger partial charge in [-0.15, -0.1) is 0 Å². The number of aliphatic hydroxyl groups is 1. The molecule has 0 aliphatic carbocycles. The Morgan fingerprint density at radius 1 is 0.585 bits per heavy atom. The summed E-state index contributed by atoms with van der Waals surface area (Å²) >= 11 is 0. The molecular weight excluding hydrogens is 872 g/mol. The summed E-state index contributed by atoms with van der Waals surface area (Å²) in [7, 11) is 0. The van der Waals surface area contributed by atoms with E-state index in [9.17, 15) is 48.8 Å². The number of carbonyl (C=O) groups excluding carboxylic acids is 7. The Hall–Kier alpha value is -9.67. The standard InChI is InChI=1S/C30H42N24O11/c31-14(15(32)55)43-21(57)16(48-27(33)34)45-23(59)18(50-29(37)38)47-24(60)19(51-30(39)40)46-22(58)17(49-28(35)36)44-20(56)11(8-4-2-1-3-5-8)42-26(62)25(61)41-9-6-7-10(54(63)64)13-12(9)52-65-53-13/h1-7,11,14,16-19,25,41,61H,31H2,(H2,32,55)(H,42,62)(H,43,57)(H,44,56)(H,45,59)(H,46,58)(H,47,60)(H4,33,34,48)(H4,35,36,49)(H4,37,38,50)(H4,39,40,51). The number of non-ortho nitro benzene ring substituents is 1. The zero-order chi connectivity index (χ0) is 48.7. The molecule has 2 aromatic carbocycles. The first-order valence-electron chi connectivity index (χ1n) is 17.6. The minimum atomic E-state index is -2.23. The van der Waals surface area contributed by atoms with Crippen molar-refractivity contribution in [2.75, 3.05) is 5.32 Å². The number of nitrogens with two attached hydrogens (primary N) is 10. The summed E-state index contributed by atoms with van der Waals surface area (Å²) in [4.78, 5) is 116. The maximum Gasteiger partial charge on any atom is 0.300 e. The molecule has 0 aliphatic rings. The van der Waals surface area contributed by atoms with Gasteiger partial charge in [-0.1, -0.05) is 30.3 Å². The molecule has 1 aromatic heterocycles. The number of hydrogen-bond acceptors (Lipinski definition) is 19. The van der Waals surface area contributed by atoms with Crippen LogP contribution in [0.25, 0.3) is 11.0 Å². The Bertz CT molecular complexity index is 2410. The van der Waals surface area contributed by atoms with Crippen molar-refractivity contribution >= 4 is 87.6 Å². The van der Waals surface area contributed by atoms with Gasteiger partial charge >= 0.3 is 5.69 Å². The third kappa shape index (κ3) is 14.5. The summed E-state index contributed by atoms with van der Waals surface area (Å²) in [6, 6.07) is 7.56. The van der Waals surface area contributed by atoms with Crippen LogP contribution in [0.1, 0.15) is 11.6 Å². The number of guanidine groups is 4. The summed E-state index contributed by atoms with van der Waals surface area (Å²) in [5.74, 6) is -12.6. The van der Waals surface area contributed by atoms with Crippen molar-refractivity contribution < 1.29 is 48.2 Å². The van der Waals surface area contributed by atoms with Gasteiger partial charge in [-0.3, -0.25) is 43.7 Å². The van der Waals surface area contributed by atoms with Gasteiger partial charge in [-0.05, 0) is 21.9 Å². The van der Waals surface area contributed by atoms with Gasteiger partial charge in [0.05, 0.1) is 10.6 Å². The van der Waals surface area contributed by atoms with Crippen molar-refractivity contribution in [3.05, 3.63) is 58.1 Å². The molecule has 0 radical (unpaired) electrons. The second-order valence-corrected chi connectivity index (χ2v) is 12.5. The lowest BCUT2D eigenvalue weighted by Gasteiger charge is -2.24. The SMILES string of the molecule is NC(=O)C(N)NC(=O)C(N=C(N)N)NC(=O)C(N=C(N)N)NC(=O)C(N=C(N)N)NC(=O)C(N=C(N)N)NC(=O)C(NC(=O)C(O)Nc1ccc([N+](=O)[O-])c2nonc12)c1ccccc1. The first-order chi connectivity index (χ1) is 30.5. The Balaban J connectivity index is 1.88. The molecule has 0 saturated heterocycles. The number of nitro groups is 1. The van der Waals surface area contributed by atoms with Gasteiger partial charge < -0.3 is 99.7 Å². The summed E-state index contributed by atoms with van der Waals surface area (Å²) in [5, 5.41) is 43.8. The van der Waals surface area contributed by atoms with Crippen LogP contribution in [0.2, 0.25) is 0 Å². The highest BCUT2D eigenvalue weighted by atomic mass is 16.6. The molecule has 28 N–H and O–H groups in total. The minimum absolute atomic E-state index is 0.0601. The highest BCUT2D eigenvalue weighted by Gasteiger charge is 2.34. The predicted octanol–water partition coefficient (Wildman–Crippen LogP) is -10.5. The fraction of sp³-hybridized carbons (Fsp3) is 0.233. The Morgan fingerprint density at radius 3 is 1.42 bits per heavy atom. The van der Waals surface area contributed by atoms with Crippen molar-refractivity contribution in [1.29, 1.82) is 0 Å². The molecule has 3 rings (SSSR count). The van der Waals surface area contributed by atoms with Crippen molar-refractivity contribution in [2.24, 2.45) is 77.3 Å². The monoisotopic (exact) mass is 914 g/mol. The zero-order valence-electron chi connectivity index (χ0n) is 33.0. The maximum absolute atomic E-state index is 13.8. The first kappa shape index (κ1) is 49.7. The number of benzene rings is 2. The lowest BCUT2D eigenvalue weighted by Crippen LogP contribution is -2.60. The minimum Gasteiger partial charge on any atom is -0.370 e. The second kappa shape index (κ2) is 22.3. The average molecular weight is 915 g/mol. The molecule has 3 aromatic rings. The third-order valence-electron chi connectivity index (χ3n) is 7.64. The van der Waals surface area contributed by atoms with Gasteiger partial charge in [0.1, 0.15) is 6.04 Å². The molecule has 35 nitrogen and oxygen atoms in total. The highest BCUT2D eigenvalue weighted by Crippen LogP contribution is 2.29. The van der Waals surface area contributed by atoms with Crippen LogP contribution in [0.15, 0.2) is 67.1 Å². The Kier molecular flexibility index (Phi) is 17.0. The van der Waals surface area contributed by atoms with Gasteiger partial charge in [0.25, 0.3) is 35.4 Å². The normalized spacial score (nSPS) is 13.8. The molecule has 7 amide bonds. The lowest BCUT2D eigenvalue weighted by molar-refractivity contribution is -0.383. The number of nitro benzene ring substituents is 1. The first-order valence-corrected chi connectivity index (χ1v) is 17.6. The second-order valence-electron chi connectivity index (χ2n) is 12.5. The topological polar surface area (TPSA) is 616 Å². The van der Waals surface area contributed by atoms with E-state index in [4.69, 9.17) is 57.3 Å². The third-order valence-corrected chi connectivity index (χ3v) is 7.64. The van der Waals surface area contributed by atoms with Crippen LogP contribution in [0, 0.1) is 10.1 Å². The number of primary amides is 1. The fourth-order valence-electron chi connectivity index (χ4n) is 4.88. The summed E-state index contributed by atoms with van der Waals surface area (Å²) in [5.41, 5.74) is 52.8. The number of aliphatic imine (C=N–C) groups is 4. The Labute approximate surface area is 361 Å². The number of hydrogen-bond donors (Lipinski definition) is 18. The van der Waals surface area contributed by atoms with Gasteiger partial charge in [0, 0.05) is 6.07 Å². The largest absolute Gasteiger partial charge is 0.370 e. The summed E-state index contributed by atoms with van der Waals surface area (Å²) in [6.07, 6.45) is -12.6. The highest BCUT2D eigenvalue weighted by molar-refractivity contribution is 6.00. The van der Waals surface area contributed by atoms with E-state index >= 15 is 0 Å². The quantitative estimate of drug-likeness (QED) is 0.0155. The van der Waals surface area contributed by atoms with E-state index in [2.05, 4.69) is 50.9 Å². The smallest absolute Gasteiger partial charge is 0.300 e. The molecule has 0 spiro atoms. The van der Waals surface area contributed by atoms with Crippen molar-refractivity contribution in [1.82, 2.24) is 42.2 Å². The number of nitrogens with zero attached hydrogens (tertiary/aromatic N) is 7. The Morgan fingerprint density at radius 2 is 1.00 bits per heavy atom. The van der Waals surface area contributed by atoms with E-state index in [1.54, 1.807) is 6.07 Å². The van der Waals surface area contributed by atoms with E-state index < -0.39 is 119 Å². The van der Waals surface area contributed by atoms with E-state index in [-0.39, 0.29) is 22.3 Å². The lowest BCUT2D eigenvalue weighted by atomic mass is 10.1. The molecule has 0 fully saturated rings. The van der Waals surface area contributed by atoms with Crippen molar-refractivity contribution in [2.45, 2.75) is 43.1 Å². The molecule has 1 heterocycles. The molecule has 7 unspecified atom stereocenters. The summed E-state index contributed by atoms with van der Waals surface area (Å²) < 4.78 is 4.57. The van der Waals surface area contributed by atoms with Gasteiger partial charge in [0.15, 0.2) is 35.5 Å². The average Bonchev–Trinajstić information content (AvgIpc) is 3.71. The van der Waals surface area contributed by atoms with Crippen LogP contribution in [0.3, 0.4) is 0 Å². The number of carbonyl (C=O) groups is 7. The van der Waals surface area contributed by atoms with E-state index in [0.29, 0.717) is 0 Å². The van der Waals surface area contributed by atoms with E-state index in [0.717, 1.165) is 12.1 Å². The number of aliphatic hydroxyl groups excluding tert-OH is 1. The van der Waals surface area contributed by atoms with Crippen molar-refractivity contribution in [3.8, 4) is 0 Å². The molecule has 35 heteroatoms. The molecule has 348 valence electrons. The van der Waals surface area contributed by atoms with E-state index in [1.165, 1.54) is 24.3 Å².